The average Bonchev–Trinajstić information content (AvgIpc) is 3.03. The highest BCUT2D eigenvalue weighted by Crippen LogP contribution is 2.18. The maximum absolute atomic E-state index is 4.51. The first kappa shape index (κ1) is 14.8. The van der Waals surface area contributed by atoms with E-state index >= 15 is 0 Å². The molecule has 0 radical (unpaired) electrons. The number of hydrogen-bond acceptors (Lipinski definition) is 5. The monoisotopic (exact) mass is 320 g/mol. The van der Waals surface area contributed by atoms with Crippen LogP contribution in [0, 0.1) is 6.92 Å². The van der Waals surface area contributed by atoms with Crippen LogP contribution in [0.3, 0.4) is 0 Å². The molecule has 0 unspecified atom stereocenters. The van der Waals surface area contributed by atoms with Crippen molar-refractivity contribution >= 4 is 5.95 Å². The van der Waals surface area contributed by atoms with E-state index in [9.17, 15) is 0 Å². The first-order chi connectivity index (χ1) is 11.8. The van der Waals surface area contributed by atoms with E-state index in [1.165, 1.54) is 5.56 Å². The van der Waals surface area contributed by atoms with Gasteiger partial charge in [-0.15, -0.1) is 10.2 Å². The Morgan fingerprint density at radius 2 is 1.88 bits per heavy atom. The quantitative estimate of drug-likeness (QED) is 0.737. The van der Waals surface area contributed by atoms with Gasteiger partial charge in [-0.25, -0.2) is 9.97 Å². The minimum absolute atomic E-state index is 0.710. The summed E-state index contributed by atoms with van der Waals surface area (Å²) in [5, 5.41) is 8.79. The van der Waals surface area contributed by atoms with E-state index in [0.717, 1.165) is 49.2 Å². The second kappa shape index (κ2) is 6.39. The van der Waals surface area contributed by atoms with Crippen LogP contribution in [0.2, 0.25) is 0 Å². The van der Waals surface area contributed by atoms with E-state index in [2.05, 4.69) is 53.9 Å². The first-order valence-corrected chi connectivity index (χ1v) is 8.29. The van der Waals surface area contributed by atoms with Crippen molar-refractivity contribution in [2.75, 3.05) is 11.4 Å². The van der Waals surface area contributed by atoms with Gasteiger partial charge in [-0.2, -0.15) is 0 Å². The van der Waals surface area contributed by atoms with Gasteiger partial charge < -0.3 is 9.47 Å². The lowest BCUT2D eigenvalue weighted by molar-refractivity contribution is 0.534. The van der Waals surface area contributed by atoms with E-state index in [1.807, 2.05) is 25.3 Å². The molecule has 0 atom stereocenters. The Kier molecular flexibility index (Phi) is 3.94. The van der Waals surface area contributed by atoms with Crippen LogP contribution in [0.4, 0.5) is 5.95 Å². The lowest BCUT2D eigenvalue weighted by atomic mass is 10.1. The number of hydrogen-bond donors (Lipinski definition) is 0. The number of nitrogens with zero attached hydrogens (tertiary/aromatic N) is 6. The zero-order valence-corrected chi connectivity index (χ0v) is 13.8. The molecule has 1 aromatic carbocycles. The third-order valence-electron chi connectivity index (χ3n) is 4.37. The van der Waals surface area contributed by atoms with Crippen molar-refractivity contribution in [1.29, 1.82) is 0 Å². The molecule has 0 saturated heterocycles. The largest absolute Gasteiger partial charge is 0.331 e. The molecule has 3 heterocycles. The van der Waals surface area contributed by atoms with Crippen LogP contribution >= 0.6 is 0 Å². The van der Waals surface area contributed by atoms with Crippen molar-refractivity contribution in [1.82, 2.24) is 24.7 Å². The molecule has 122 valence electrons. The van der Waals surface area contributed by atoms with Crippen LogP contribution in [-0.2, 0) is 25.9 Å². The number of benzene rings is 1. The summed E-state index contributed by atoms with van der Waals surface area (Å²) < 4.78 is 2.25. The van der Waals surface area contributed by atoms with Gasteiger partial charge in [0.05, 0.1) is 6.54 Å². The maximum Gasteiger partial charge on any atom is 0.225 e. The fourth-order valence-corrected chi connectivity index (χ4v) is 3.06. The summed E-state index contributed by atoms with van der Waals surface area (Å²) in [4.78, 5) is 11.1. The molecule has 0 bridgehead atoms. The van der Waals surface area contributed by atoms with Gasteiger partial charge >= 0.3 is 0 Å². The minimum atomic E-state index is 0.710. The molecule has 3 aromatic rings. The van der Waals surface area contributed by atoms with Crippen molar-refractivity contribution in [3.8, 4) is 0 Å². The molecule has 0 saturated carbocycles. The molecule has 2 aromatic heterocycles. The summed E-state index contributed by atoms with van der Waals surface area (Å²) in [6, 6.07) is 12.4. The lowest BCUT2D eigenvalue weighted by Gasteiger charge is -2.27. The Balaban J connectivity index is 1.47. The molecule has 6 heteroatoms. The van der Waals surface area contributed by atoms with Gasteiger partial charge in [0.2, 0.25) is 5.95 Å². The van der Waals surface area contributed by atoms with Gasteiger partial charge in [-0.3, -0.25) is 0 Å². The van der Waals surface area contributed by atoms with Crippen LogP contribution < -0.4 is 4.90 Å². The summed E-state index contributed by atoms with van der Waals surface area (Å²) in [6.45, 7) is 4.46. The molecule has 0 spiro atoms. The molecular weight excluding hydrogens is 300 g/mol. The third-order valence-corrected chi connectivity index (χ3v) is 4.37. The van der Waals surface area contributed by atoms with Gasteiger partial charge in [0.15, 0.2) is 5.82 Å². The first-order valence-electron chi connectivity index (χ1n) is 8.29. The Morgan fingerprint density at radius 1 is 1.00 bits per heavy atom. The Bertz CT molecular complexity index is 827. The summed E-state index contributed by atoms with van der Waals surface area (Å²) in [5.74, 6) is 2.84. The van der Waals surface area contributed by atoms with Gasteiger partial charge in [0.1, 0.15) is 5.82 Å². The molecule has 6 nitrogen and oxygen atoms in total. The number of fused-ring (bicyclic) bond motifs is 1. The van der Waals surface area contributed by atoms with E-state index in [4.69, 9.17) is 0 Å². The van der Waals surface area contributed by atoms with E-state index in [0.29, 0.717) is 6.54 Å². The Hall–Kier alpha value is -2.76. The zero-order chi connectivity index (χ0) is 16.4. The van der Waals surface area contributed by atoms with Gasteiger partial charge in [0, 0.05) is 31.4 Å². The molecule has 0 N–H and O–H groups in total. The molecule has 24 heavy (non-hydrogen) atoms. The summed E-state index contributed by atoms with van der Waals surface area (Å²) >= 11 is 0. The smallest absolute Gasteiger partial charge is 0.225 e. The van der Waals surface area contributed by atoms with Crippen molar-refractivity contribution in [3.63, 3.8) is 0 Å². The second-order valence-electron chi connectivity index (χ2n) is 6.09. The molecule has 0 fully saturated rings. The molecule has 1 aliphatic heterocycles. The van der Waals surface area contributed by atoms with Crippen molar-refractivity contribution in [2.24, 2.45) is 0 Å². The molecule has 1 aliphatic rings. The summed E-state index contributed by atoms with van der Waals surface area (Å²) in [6.07, 6.45) is 3.71. The van der Waals surface area contributed by atoms with Crippen LogP contribution in [0.15, 0.2) is 42.6 Å². The van der Waals surface area contributed by atoms with E-state index in [1.54, 1.807) is 0 Å². The zero-order valence-electron chi connectivity index (χ0n) is 13.8. The van der Waals surface area contributed by atoms with E-state index < -0.39 is 0 Å². The highest BCUT2D eigenvalue weighted by molar-refractivity contribution is 5.31. The van der Waals surface area contributed by atoms with Crippen molar-refractivity contribution in [3.05, 3.63) is 65.5 Å². The highest BCUT2D eigenvalue weighted by Gasteiger charge is 2.22. The topological polar surface area (TPSA) is 59.7 Å². The lowest BCUT2D eigenvalue weighted by Crippen LogP contribution is -2.35. The van der Waals surface area contributed by atoms with Crippen LogP contribution in [-0.4, -0.2) is 31.3 Å². The number of aromatic nitrogens is 5. The minimum Gasteiger partial charge on any atom is -0.331 e. The van der Waals surface area contributed by atoms with Gasteiger partial charge in [0.25, 0.3) is 0 Å². The van der Waals surface area contributed by atoms with E-state index in [-0.39, 0.29) is 0 Å². The predicted octanol–water partition coefficient (Wildman–Crippen LogP) is 2.18. The molecule has 0 aliphatic carbocycles. The maximum atomic E-state index is 4.51. The Morgan fingerprint density at radius 3 is 2.71 bits per heavy atom. The number of anilines is 1. The van der Waals surface area contributed by atoms with Gasteiger partial charge in [-0.1, -0.05) is 30.3 Å². The fraction of sp³-hybridized carbons (Fsp3) is 0.333. The highest BCUT2D eigenvalue weighted by atomic mass is 15.4. The summed E-state index contributed by atoms with van der Waals surface area (Å²) in [5.41, 5.74) is 2.32. The third kappa shape index (κ3) is 2.99. The van der Waals surface area contributed by atoms with Crippen molar-refractivity contribution in [2.45, 2.75) is 32.9 Å². The second-order valence-corrected chi connectivity index (χ2v) is 6.09. The molecular formula is C18H20N6. The summed E-state index contributed by atoms with van der Waals surface area (Å²) in [7, 11) is 0. The predicted molar refractivity (Wildman–Crippen MR) is 91.7 cm³/mol. The standard InChI is InChI=1S/C18H20N6/c1-14-9-10-19-18(20-14)23-11-12-24-16(21-22-17(24)13-23)8-7-15-5-3-2-4-6-15/h2-6,9-10H,7-8,11-13H2,1H3. The number of rotatable bonds is 4. The average molecular weight is 320 g/mol. The van der Waals surface area contributed by atoms with Crippen LogP contribution in [0.5, 0.6) is 0 Å². The SMILES string of the molecule is Cc1ccnc(N2CCn3c(CCc4ccccc4)nnc3C2)n1. The fourth-order valence-electron chi connectivity index (χ4n) is 3.06. The normalized spacial score (nSPS) is 13.8. The Labute approximate surface area is 141 Å². The van der Waals surface area contributed by atoms with Crippen LogP contribution in [0.25, 0.3) is 0 Å². The van der Waals surface area contributed by atoms with Crippen LogP contribution in [0.1, 0.15) is 22.9 Å². The molecule has 4 rings (SSSR count). The van der Waals surface area contributed by atoms with Gasteiger partial charge in [-0.05, 0) is 25.0 Å². The number of aryl methyl sites for hydroxylation is 3. The van der Waals surface area contributed by atoms with Crippen molar-refractivity contribution < 1.29 is 0 Å². The molecule has 0 amide bonds.